The first-order valence-corrected chi connectivity index (χ1v) is 14.4. The van der Waals surface area contributed by atoms with E-state index in [-0.39, 0.29) is 11.8 Å². The maximum Gasteiger partial charge on any atom is 0.407 e. The minimum absolute atomic E-state index is 0.0328. The van der Waals surface area contributed by atoms with E-state index in [1.165, 1.54) is 35.8 Å². The van der Waals surface area contributed by atoms with Gasteiger partial charge in [-0.2, -0.15) is 0 Å². The van der Waals surface area contributed by atoms with E-state index in [2.05, 4.69) is 10.3 Å². The molecule has 2 heterocycles. The van der Waals surface area contributed by atoms with E-state index in [1.807, 2.05) is 37.3 Å². The zero-order chi connectivity index (χ0) is 28.4. The molecule has 0 saturated carbocycles. The number of hydrogen-bond donors (Lipinski definition) is 1. The molecule has 0 bridgehead atoms. The minimum Gasteiger partial charge on any atom is -0.460 e. The number of thioether (sulfide) groups is 1. The number of halogens is 3. The van der Waals surface area contributed by atoms with E-state index in [1.54, 1.807) is 6.20 Å². The second kappa shape index (κ2) is 15.3. The minimum atomic E-state index is -1.81. The summed E-state index contributed by atoms with van der Waals surface area (Å²) in [6, 6.07) is 8.69. The van der Waals surface area contributed by atoms with Gasteiger partial charge in [0.05, 0.1) is 13.2 Å². The molecule has 1 saturated heterocycles. The van der Waals surface area contributed by atoms with Crippen LogP contribution in [-0.2, 0) is 35.1 Å². The first-order valence-electron chi connectivity index (χ1n) is 11.8. The van der Waals surface area contributed by atoms with Crippen molar-refractivity contribution in [3.05, 3.63) is 54.6 Å². The number of amides is 1. The van der Waals surface area contributed by atoms with E-state index in [0.29, 0.717) is 12.4 Å². The molecule has 2 aromatic rings. The molecule has 5 atom stereocenters. The van der Waals surface area contributed by atoms with Crippen molar-refractivity contribution in [2.45, 2.75) is 54.0 Å². The third-order valence-electron chi connectivity index (χ3n) is 5.28. The SMILES string of the molecule is CCS[C@@H]1O[C@H](COCc2ccccc2)[C@@H](OC(=S)n2ccnc2)[C@H](OC(C)=O)[C@H]1NC(=O)OCC(Cl)(Cl)Cl. The van der Waals surface area contributed by atoms with E-state index < -0.39 is 52.3 Å². The van der Waals surface area contributed by atoms with E-state index in [9.17, 15) is 9.59 Å². The number of ether oxygens (including phenoxy) is 5. The fourth-order valence-corrected chi connectivity index (χ4v) is 5.07. The molecule has 15 heteroatoms. The lowest BCUT2D eigenvalue weighted by atomic mass is 9.97. The standard InChI is InChI=1S/C24H28Cl3N3O7S2/c1-3-39-21-18(29-22(32)34-13-24(25,26)27)20(35-15(2)31)19(37-23(38)30-10-9-28-14-30)17(36-21)12-33-11-16-7-5-4-6-8-16/h4-10,14,17-21H,3,11-13H2,1-2H3,(H,29,32)/t17-,18-,19-,20-,21+/m1/s1. The number of benzene rings is 1. The Hall–Kier alpha value is -1.80. The van der Waals surface area contributed by atoms with Gasteiger partial charge < -0.3 is 29.0 Å². The summed E-state index contributed by atoms with van der Waals surface area (Å²) in [5.41, 5.74) is 0.290. The van der Waals surface area contributed by atoms with Crippen LogP contribution in [-0.4, -0.2) is 79.3 Å². The third kappa shape index (κ3) is 10.3. The molecule has 0 unspecified atom stereocenters. The number of carbonyl (C=O) groups excluding carboxylic acids is 2. The predicted octanol–water partition coefficient (Wildman–Crippen LogP) is 4.49. The van der Waals surface area contributed by atoms with Crippen LogP contribution in [0.3, 0.4) is 0 Å². The maximum atomic E-state index is 12.6. The highest BCUT2D eigenvalue weighted by atomic mass is 35.6. The highest BCUT2D eigenvalue weighted by Gasteiger charge is 2.51. The second-order valence-electron chi connectivity index (χ2n) is 8.25. The van der Waals surface area contributed by atoms with Crippen LogP contribution in [0, 0.1) is 0 Å². The first kappa shape index (κ1) is 31.7. The number of carbonyl (C=O) groups is 2. The summed E-state index contributed by atoms with van der Waals surface area (Å²) >= 11 is 24.0. The van der Waals surface area contributed by atoms with Gasteiger partial charge in [0.2, 0.25) is 3.79 Å². The van der Waals surface area contributed by atoms with Crippen LogP contribution in [0.5, 0.6) is 0 Å². The molecule has 10 nitrogen and oxygen atoms in total. The zero-order valence-electron chi connectivity index (χ0n) is 21.0. The number of hydrogen-bond acceptors (Lipinski definition) is 10. The van der Waals surface area contributed by atoms with Gasteiger partial charge in [0.25, 0.3) is 5.17 Å². The van der Waals surface area contributed by atoms with Gasteiger partial charge in [0.15, 0.2) is 12.2 Å². The fourth-order valence-electron chi connectivity index (χ4n) is 3.71. The van der Waals surface area contributed by atoms with Crippen molar-refractivity contribution in [3.63, 3.8) is 0 Å². The van der Waals surface area contributed by atoms with Crippen LogP contribution in [0.2, 0.25) is 0 Å². The number of rotatable bonds is 10. The van der Waals surface area contributed by atoms with Gasteiger partial charge in [-0.1, -0.05) is 72.1 Å². The molecule has 1 aliphatic rings. The fraction of sp³-hybridized carbons (Fsp3) is 0.500. The molecule has 3 rings (SSSR count). The number of thiocarbonyl (C=S) groups is 1. The quantitative estimate of drug-likeness (QED) is 0.227. The average molecular weight is 641 g/mol. The van der Waals surface area contributed by atoms with Crippen molar-refractivity contribution in [2.75, 3.05) is 19.0 Å². The van der Waals surface area contributed by atoms with E-state index in [4.69, 9.17) is 70.7 Å². The summed E-state index contributed by atoms with van der Waals surface area (Å²) in [5, 5.41) is 2.71. The lowest BCUT2D eigenvalue weighted by Gasteiger charge is -2.45. The van der Waals surface area contributed by atoms with Crippen LogP contribution >= 0.6 is 58.8 Å². The maximum absolute atomic E-state index is 12.6. The number of imidazole rings is 1. The Kier molecular flexibility index (Phi) is 12.4. The van der Waals surface area contributed by atoms with E-state index in [0.717, 1.165) is 5.56 Å². The molecule has 1 aliphatic heterocycles. The summed E-state index contributed by atoms with van der Waals surface area (Å²) in [6.07, 6.45) is 0.942. The topological polar surface area (TPSA) is 110 Å². The van der Waals surface area contributed by atoms with Gasteiger partial charge in [0, 0.05) is 19.3 Å². The molecule has 0 radical (unpaired) electrons. The van der Waals surface area contributed by atoms with Crippen molar-refractivity contribution in [2.24, 2.45) is 0 Å². The smallest absolute Gasteiger partial charge is 0.407 e. The predicted molar refractivity (Wildman–Crippen MR) is 152 cm³/mol. The van der Waals surface area contributed by atoms with Crippen molar-refractivity contribution in [1.82, 2.24) is 14.9 Å². The number of alkyl carbamates (subject to hydrolysis) is 1. The Morgan fingerprint density at radius 3 is 2.56 bits per heavy atom. The molecular weight excluding hydrogens is 613 g/mol. The number of nitrogens with one attached hydrogen (secondary N) is 1. The monoisotopic (exact) mass is 639 g/mol. The molecule has 1 amide bonds. The number of alkyl halides is 3. The summed E-state index contributed by atoms with van der Waals surface area (Å²) in [5.74, 6) is 0.0183. The van der Waals surface area contributed by atoms with Crippen LogP contribution < -0.4 is 5.32 Å². The molecule has 1 aromatic heterocycles. The van der Waals surface area contributed by atoms with Crippen molar-refractivity contribution in [3.8, 4) is 0 Å². The molecule has 39 heavy (non-hydrogen) atoms. The summed E-state index contributed by atoms with van der Waals surface area (Å²) in [4.78, 5) is 28.9. The summed E-state index contributed by atoms with van der Waals surface area (Å²) in [7, 11) is 0. The molecule has 1 N–H and O–H groups in total. The van der Waals surface area contributed by atoms with Crippen molar-refractivity contribution < 1.29 is 33.3 Å². The van der Waals surface area contributed by atoms with Gasteiger partial charge in [-0.3, -0.25) is 9.36 Å². The van der Waals surface area contributed by atoms with Crippen LogP contribution in [0.25, 0.3) is 0 Å². The highest BCUT2D eigenvalue weighted by Crippen LogP contribution is 2.33. The first-order chi connectivity index (χ1) is 18.6. The molecule has 1 fully saturated rings. The summed E-state index contributed by atoms with van der Waals surface area (Å²) < 4.78 is 28.9. The van der Waals surface area contributed by atoms with Crippen LogP contribution in [0.1, 0.15) is 19.4 Å². The molecular formula is C24H28Cl3N3O7S2. The normalized spacial score (nSPS) is 23.1. The summed E-state index contributed by atoms with van der Waals surface area (Å²) in [6.45, 7) is 3.07. The lowest BCUT2D eigenvalue weighted by molar-refractivity contribution is -0.193. The van der Waals surface area contributed by atoms with Crippen LogP contribution in [0.4, 0.5) is 4.79 Å². The Morgan fingerprint density at radius 2 is 1.95 bits per heavy atom. The second-order valence-corrected chi connectivity index (χ2v) is 12.5. The Bertz CT molecular complexity index is 1080. The van der Waals surface area contributed by atoms with Crippen molar-refractivity contribution >= 4 is 76.0 Å². The molecule has 1 aromatic carbocycles. The largest absolute Gasteiger partial charge is 0.460 e. The van der Waals surface area contributed by atoms with Gasteiger partial charge >= 0.3 is 12.1 Å². The third-order valence-corrected chi connectivity index (χ3v) is 6.98. The highest BCUT2D eigenvalue weighted by molar-refractivity contribution is 7.99. The number of aromatic nitrogens is 2. The van der Waals surface area contributed by atoms with Crippen LogP contribution in [0.15, 0.2) is 49.1 Å². The van der Waals surface area contributed by atoms with Gasteiger partial charge in [-0.15, -0.1) is 11.8 Å². The van der Waals surface area contributed by atoms with Gasteiger partial charge in [0.1, 0.15) is 30.5 Å². The lowest BCUT2D eigenvalue weighted by Crippen LogP contribution is -2.65. The Morgan fingerprint density at radius 1 is 1.21 bits per heavy atom. The number of esters is 1. The Labute approximate surface area is 250 Å². The molecule has 214 valence electrons. The average Bonchev–Trinajstić information content (AvgIpc) is 3.42. The van der Waals surface area contributed by atoms with Crippen molar-refractivity contribution in [1.29, 1.82) is 0 Å². The molecule has 0 spiro atoms. The molecule has 0 aliphatic carbocycles. The van der Waals surface area contributed by atoms with Gasteiger partial charge in [-0.05, 0) is 23.5 Å². The Balaban J connectivity index is 1.87. The zero-order valence-corrected chi connectivity index (χ0v) is 24.9. The van der Waals surface area contributed by atoms with Gasteiger partial charge in [-0.25, -0.2) is 9.78 Å². The number of nitrogens with zero attached hydrogens (tertiary/aromatic N) is 2. The van der Waals surface area contributed by atoms with E-state index >= 15 is 0 Å².